The fourth-order valence-corrected chi connectivity index (χ4v) is 3.39. The normalized spacial score (nSPS) is 26.0. The Labute approximate surface area is 132 Å². The van der Waals surface area contributed by atoms with E-state index in [0.717, 1.165) is 31.0 Å². The van der Waals surface area contributed by atoms with Crippen LogP contribution < -0.4 is 5.32 Å². The second-order valence-electron chi connectivity index (χ2n) is 6.67. The summed E-state index contributed by atoms with van der Waals surface area (Å²) in [6, 6.07) is 8.22. The molecule has 0 unspecified atom stereocenters. The van der Waals surface area contributed by atoms with Gasteiger partial charge < -0.3 is 10.1 Å². The van der Waals surface area contributed by atoms with Gasteiger partial charge >= 0.3 is 0 Å². The number of carbonyl (C=O) groups is 1. The molecular weight excluding hydrogens is 276 g/mol. The number of nitrogens with zero attached hydrogens (tertiary/aromatic N) is 1. The first-order chi connectivity index (χ1) is 10.7. The summed E-state index contributed by atoms with van der Waals surface area (Å²) in [5.41, 5.74) is 2.17. The molecule has 0 aromatic heterocycles. The van der Waals surface area contributed by atoms with Gasteiger partial charge in [0.2, 0.25) is 0 Å². The van der Waals surface area contributed by atoms with E-state index in [9.17, 15) is 4.79 Å². The van der Waals surface area contributed by atoms with E-state index >= 15 is 0 Å². The molecule has 0 spiro atoms. The minimum absolute atomic E-state index is 0.0184. The molecule has 1 N–H and O–H groups in total. The highest BCUT2D eigenvalue weighted by Crippen LogP contribution is 2.19. The van der Waals surface area contributed by atoms with E-state index < -0.39 is 0 Å². The van der Waals surface area contributed by atoms with Crippen molar-refractivity contribution in [2.45, 2.75) is 45.3 Å². The minimum Gasteiger partial charge on any atom is -0.368 e. The Balaban J connectivity index is 1.52. The summed E-state index contributed by atoms with van der Waals surface area (Å²) in [6.07, 6.45) is 4.19. The van der Waals surface area contributed by atoms with Crippen LogP contribution in [0.4, 0.5) is 5.69 Å². The first-order valence-electron chi connectivity index (χ1n) is 8.44. The van der Waals surface area contributed by atoms with Crippen LogP contribution in [0.5, 0.6) is 0 Å². The molecule has 120 valence electrons. The molecule has 22 heavy (non-hydrogen) atoms. The number of nitrogens with one attached hydrogen (secondary N) is 1. The average Bonchev–Trinajstić information content (AvgIpc) is 3.04. The molecule has 2 aliphatic rings. The van der Waals surface area contributed by atoms with Gasteiger partial charge in [0.25, 0.3) is 5.91 Å². The Kier molecular flexibility index (Phi) is 5.11. The van der Waals surface area contributed by atoms with E-state index in [1.807, 2.05) is 12.1 Å². The molecule has 2 aliphatic heterocycles. The summed E-state index contributed by atoms with van der Waals surface area (Å²) in [6.45, 7) is 6.42. The summed E-state index contributed by atoms with van der Waals surface area (Å²) in [7, 11) is 0. The zero-order valence-corrected chi connectivity index (χ0v) is 13.4. The third-order valence-electron chi connectivity index (χ3n) is 4.59. The van der Waals surface area contributed by atoms with Crippen LogP contribution in [0.3, 0.4) is 0 Å². The zero-order chi connectivity index (χ0) is 15.4. The number of likely N-dealkylation sites (tertiary alicyclic amines) is 1. The van der Waals surface area contributed by atoms with Gasteiger partial charge in [0.05, 0.1) is 0 Å². The first-order valence-corrected chi connectivity index (χ1v) is 8.44. The predicted octanol–water partition coefficient (Wildman–Crippen LogP) is 3.04. The van der Waals surface area contributed by atoms with Crippen LogP contribution in [0.2, 0.25) is 0 Å². The Morgan fingerprint density at radius 3 is 2.77 bits per heavy atom. The van der Waals surface area contributed by atoms with Gasteiger partial charge in [0.15, 0.2) is 0 Å². The van der Waals surface area contributed by atoms with E-state index in [1.54, 1.807) is 0 Å². The van der Waals surface area contributed by atoms with Crippen molar-refractivity contribution in [3.8, 4) is 0 Å². The number of hydrogen-bond donors (Lipinski definition) is 1. The van der Waals surface area contributed by atoms with E-state index in [0.29, 0.717) is 6.61 Å². The smallest absolute Gasteiger partial charge is 0.253 e. The quantitative estimate of drug-likeness (QED) is 0.929. The van der Waals surface area contributed by atoms with Gasteiger partial charge in [-0.25, -0.2) is 0 Å². The second kappa shape index (κ2) is 7.25. The summed E-state index contributed by atoms with van der Waals surface area (Å²) in [5, 5.41) is 2.94. The van der Waals surface area contributed by atoms with E-state index in [-0.39, 0.29) is 12.0 Å². The van der Waals surface area contributed by atoms with Crippen molar-refractivity contribution in [1.29, 1.82) is 0 Å². The Hall–Kier alpha value is -1.39. The fraction of sp³-hybridized carbons (Fsp3) is 0.611. The third-order valence-corrected chi connectivity index (χ3v) is 4.59. The Morgan fingerprint density at radius 1 is 1.27 bits per heavy atom. The zero-order valence-electron chi connectivity index (χ0n) is 13.4. The molecule has 1 aromatic rings. The largest absolute Gasteiger partial charge is 0.368 e. The topological polar surface area (TPSA) is 41.6 Å². The molecule has 2 atom stereocenters. The van der Waals surface area contributed by atoms with Gasteiger partial charge in [-0.3, -0.25) is 9.69 Å². The highest BCUT2D eigenvalue weighted by molar-refractivity contribution is 5.94. The number of hydrogen-bond acceptors (Lipinski definition) is 3. The van der Waals surface area contributed by atoms with Crippen LogP contribution in [0.25, 0.3) is 0 Å². The van der Waals surface area contributed by atoms with E-state index in [4.69, 9.17) is 4.74 Å². The van der Waals surface area contributed by atoms with Crippen LogP contribution in [-0.4, -0.2) is 36.6 Å². The number of carbonyl (C=O) groups excluding carboxylic acids is 1. The number of ether oxygens (including phenoxy) is 1. The van der Waals surface area contributed by atoms with Crippen LogP contribution in [0, 0.1) is 5.92 Å². The van der Waals surface area contributed by atoms with Crippen molar-refractivity contribution in [2.75, 3.05) is 25.0 Å². The molecule has 4 nitrogen and oxygen atoms in total. The maximum atomic E-state index is 12.0. The number of rotatable bonds is 4. The lowest BCUT2D eigenvalue weighted by Gasteiger charge is -2.30. The standard InChI is InChI=1S/C18H26N2O2/c1-14-4-2-10-20(12-14)13-15-6-8-16(9-7-15)19-18(21)17-5-3-11-22-17/h6-9,14,17H,2-5,10-13H2,1H3,(H,19,21)/t14-,17-/m1/s1. The average molecular weight is 302 g/mol. The Bertz CT molecular complexity index is 494. The number of amides is 1. The second-order valence-corrected chi connectivity index (χ2v) is 6.67. The minimum atomic E-state index is -0.269. The Morgan fingerprint density at radius 2 is 2.09 bits per heavy atom. The number of benzene rings is 1. The summed E-state index contributed by atoms with van der Waals surface area (Å²) in [4.78, 5) is 14.5. The van der Waals surface area contributed by atoms with Crippen molar-refractivity contribution in [2.24, 2.45) is 5.92 Å². The highest BCUT2D eigenvalue weighted by Gasteiger charge is 2.23. The van der Waals surface area contributed by atoms with Crippen molar-refractivity contribution in [1.82, 2.24) is 4.90 Å². The van der Waals surface area contributed by atoms with Crippen molar-refractivity contribution in [3.05, 3.63) is 29.8 Å². The summed E-state index contributed by atoms with van der Waals surface area (Å²) in [5.74, 6) is 0.786. The van der Waals surface area contributed by atoms with Crippen LogP contribution in [0.1, 0.15) is 38.2 Å². The van der Waals surface area contributed by atoms with Crippen molar-refractivity contribution in [3.63, 3.8) is 0 Å². The monoisotopic (exact) mass is 302 g/mol. The molecule has 4 heteroatoms. The lowest BCUT2D eigenvalue weighted by Crippen LogP contribution is -2.33. The van der Waals surface area contributed by atoms with Gasteiger partial charge in [0.1, 0.15) is 6.10 Å². The molecule has 0 radical (unpaired) electrons. The number of piperidine rings is 1. The van der Waals surface area contributed by atoms with Gasteiger partial charge in [-0.1, -0.05) is 19.1 Å². The maximum Gasteiger partial charge on any atom is 0.253 e. The molecule has 3 rings (SSSR count). The van der Waals surface area contributed by atoms with Gasteiger partial charge in [0, 0.05) is 25.4 Å². The molecule has 2 heterocycles. The molecule has 0 aliphatic carbocycles. The van der Waals surface area contributed by atoms with E-state index in [2.05, 4.69) is 29.3 Å². The molecule has 1 amide bonds. The molecule has 0 bridgehead atoms. The van der Waals surface area contributed by atoms with Crippen molar-refractivity contribution < 1.29 is 9.53 Å². The summed E-state index contributed by atoms with van der Waals surface area (Å²) >= 11 is 0. The van der Waals surface area contributed by atoms with Crippen LogP contribution >= 0.6 is 0 Å². The molecule has 0 saturated carbocycles. The highest BCUT2D eigenvalue weighted by atomic mass is 16.5. The first kappa shape index (κ1) is 15.5. The van der Waals surface area contributed by atoms with Gasteiger partial charge in [-0.15, -0.1) is 0 Å². The lowest BCUT2D eigenvalue weighted by atomic mass is 10.00. The third kappa shape index (κ3) is 4.08. The van der Waals surface area contributed by atoms with Crippen LogP contribution in [-0.2, 0) is 16.1 Å². The molecular formula is C18H26N2O2. The SMILES string of the molecule is C[C@@H]1CCCN(Cc2ccc(NC(=O)[C@H]3CCCO3)cc2)C1. The number of anilines is 1. The van der Waals surface area contributed by atoms with Crippen molar-refractivity contribution >= 4 is 11.6 Å². The van der Waals surface area contributed by atoms with Crippen LogP contribution in [0.15, 0.2) is 24.3 Å². The summed E-state index contributed by atoms with van der Waals surface area (Å²) < 4.78 is 5.40. The fourth-order valence-electron chi connectivity index (χ4n) is 3.39. The van der Waals surface area contributed by atoms with Gasteiger partial charge in [-0.05, 0) is 55.8 Å². The molecule has 2 fully saturated rings. The molecule has 1 aromatic carbocycles. The predicted molar refractivity (Wildman–Crippen MR) is 87.7 cm³/mol. The maximum absolute atomic E-state index is 12.0. The van der Waals surface area contributed by atoms with Gasteiger partial charge in [-0.2, -0.15) is 0 Å². The molecule has 2 saturated heterocycles. The van der Waals surface area contributed by atoms with E-state index in [1.165, 1.54) is 31.5 Å². The lowest BCUT2D eigenvalue weighted by molar-refractivity contribution is -0.124.